The van der Waals surface area contributed by atoms with Crippen LogP contribution in [0.1, 0.15) is 35.7 Å². The topological polar surface area (TPSA) is 107 Å². The van der Waals surface area contributed by atoms with E-state index in [1.165, 1.54) is 4.90 Å². The molecule has 28 heavy (non-hydrogen) atoms. The van der Waals surface area contributed by atoms with Crippen LogP contribution in [0.5, 0.6) is 0 Å². The first-order valence-corrected chi connectivity index (χ1v) is 9.05. The Labute approximate surface area is 184 Å². The minimum atomic E-state index is -1.91. The molecule has 1 saturated carbocycles. The SMILES string of the molecule is Cc1c(N2CC(C)(CN)C2)c(F)cc2c1N(C1CC1)C(=O)C(C(=O)[O-])C2=O.[Na+]. The van der Waals surface area contributed by atoms with Crippen molar-refractivity contribution < 1.29 is 53.4 Å². The number of rotatable bonds is 4. The van der Waals surface area contributed by atoms with E-state index in [2.05, 4.69) is 0 Å². The Bertz CT molecular complexity index is 880. The predicted octanol–water partition coefficient (Wildman–Crippen LogP) is -3.02. The average molecular weight is 397 g/mol. The first kappa shape index (κ1) is 21.2. The van der Waals surface area contributed by atoms with Gasteiger partial charge in [-0.3, -0.25) is 9.59 Å². The number of carboxylic acids is 1. The summed E-state index contributed by atoms with van der Waals surface area (Å²) in [6.45, 7) is 5.32. The molecule has 0 bridgehead atoms. The van der Waals surface area contributed by atoms with Crippen LogP contribution >= 0.6 is 0 Å². The molecule has 0 spiro atoms. The first-order valence-electron chi connectivity index (χ1n) is 9.05. The Morgan fingerprint density at radius 2 is 1.93 bits per heavy atom. The molecule has 1 atom stereocenters. The third-order valence-electron chi connectivity index (χ3n) is 5.82. The second-order valence-electron chi connectivity index (χ2n) is 8.15. The molecular weight excluding hydrogens is 376 g/mol. The van der Waals surface area contributed by atoms with Crippen LogP contribution in [-0.2, 0) is 9.59 Å². The van der Waals surface area contributed by atoms with Crippen molar-refractivity contribution in [2.45, 2.75) is 32.7 Å². The largest absolute Gasteiger partial charge is 1.00 e. The molecule has 0 aromatic heterocycles. The van der Waals surface area contributed by atoms with Crippen molar-refractivity contribution in [3.63, 3.8) is 0 Å². The molecule has 2 heterocycles. The monoisotopic (exact) mass is 397 g/mol. The molecule has 2 fully saturated rings. The van der Waals surface area contributed by atoms with E-state index in [9.17, 15) is 23.9 Å². The van der Waals surface area contributed by atoms with E-state index >= 15 is 0 Å². The fourth-order valence-corrected chi connectivity index (χ4v) is 4.23. The number of carbonyl (C=O) groups excluding carboxylic acids is 3. The van der Waals surface area contributed by atoms with Crippen molar-refractivity contribution in [3.8, 4) is 0 Å². The standard InChI is InChI=1S/C19H22FN3O4.Na/c1-9-14-11(5-12(20)15(9)22-7-19(2,6-21)8-22)16(24)13(18(26)27)17(25)23(14)10-3-4-10;/h5,10,13H,3-4,6-8,21H2,1-2H3,(H,26,27);/q;+1/p-1. The van der Waals surface area contributed by atoms with Crippen molar-refractivity contribution in [1.29, 1.82) is 0 Å². The second-order valence-corrected chi connectivity index (χ2v) is 8.15. The molecule has 3 aliphatic rings. The summed E-state index contributed by atoms with van der Waals surface area (Å²) in [6, 6.07) is 0.907. The Morgan fingerprint density at radius 1 is 1.32 bits per heavy atom. The van der Waals surface area contributed by atoms with Gasteiger partial charge in [-0.25, -0.2) is 4.39 Å². The Kier molecular flexibility index (Phi) is 5.38. The molecule has 1 aromatic carbocycles. The van der Waals surface area contributed by atoms with Crippen LogP contribution in [0.2, 0.25) is 0 Å². The van der Waals surface area contributed by atoms with E-state index in [0.717, 1.165) is 18.9 Å². The third-order valence-corrected chi connectivity index (χ3v) is 5.82. The number of carboxylic acid groups (broad SMARTS) is 1. The Morgan fingerprint density at radius 3 is 2.43 bits per heavy atom. The van der Waals surface area contributed by atoms with Gasteiger partial charge < -0.3 is 25.4 Å². The van der Waals surface area contributed by atoms with E-state index in [0.29, 0.717) is 36.6 Å². The number of fused-ring (bicyclic) bond motifs is 1. The van der Waals surface area contributed by atoms with E-state index in [4.69, 9.17) is 5.73 Å². The van der Waals surface area contributed by atoms with Crippen LogP contribution < -0.4 is 50.2 Å². The zero-order valence-electron chi connectivity index (χ0n) is 16.3. The van der Waals surface area contributed by atoms with Crippen molar-refractivity contribution >= 4 is 29.0 Å². The zero-order valence-corrected chi connectivity index (χ0v) is 18.3. The molecule has 4 rings (SSSR count). The summed E-state index contributed by atoms with van der Waals surface area (Å²) in [6.07, 6.45) is 1.44. The number of benzene rings is 1. The molecule has 7 nitrogen and oxygen atoms in total. The summed E-state index contributed by atoms with van der Waals surface area (Å²) in [4.78, 5) is 40.0. The van der Waals surface area contributed by atoms with Crippen molar-refractivity contribution in [3.05, 3.63) is 23.0 Å². The van der Waals surface area contributed by atoms with Crippen LogP contribution in [0.25, 0.3) is 0 Å². The summed E-state index contributed by atoms with van der Waals surface area (Å²) < 4.78 is 14.9. The van der Waals surface area contributed by atoms with E-state index in [1.54, 1.807) is 6.92 Å². The van der Waals surface area contributed by atoms with Gasteiger partial charge in [0, 0.05) is 36.7 Å². The average Bonchev–Trinajstić information content (AvgIpc) is 3.38. The quantitative estimate of drug-likeness (QED) is 0.428. The van der Waals surface area contributed by atoms with Crippen LogP contribution in [0.3, 0.4) is 0 Å². The number of amides is 1. The molecule has 1 aromatic rings. The van der Waals surface area contributed by atoms with Crippen molar-refractivity contribution in [2.24, 2.45) is 17.1 Å². The molecule has 1 aliphatic carbocycles. The van der Waals surface area contributed by atoms with Crippen LogP contribution in [0.15, 0.2) is 6.07 Å². The van der Waals surface area contributed by atoms with E-state index in [1.807, 2.05) is 11.8 Å². The molecular formula is C19H21FN3NaO4. The maximum Gasteiger partial charge on any atom is 1.00 e. The molecule has 2 aliphatic heterocycles. The summed E-state index contributed by atoms with van der Waals surface area (Å²) in [7, 11) is 0. The number of aliphatic carboxylic acids is 1. The number of hydrogen-bond donors (Lipinski definition) is 1. The Hall–Kier alpha value is -1.48. The van der Waals surface area contributed by atoms with Crippen molar-refractivity contribution in [2.75, 3.05) is 29.4 Å². The molecule has 0 radical (unpaired) electrons. The molecule has 1 saturated heterocycles. The molecule has 1 unspecified atom stereocenters. The molecule has 144 valence electrons. The number of anilines is 2. The fourth-order valence-electron chi connectivity index (χ4n) is 4.23. The van der Waals surface area contributed by atoms with E-state index < -0.39 is 29.4 Å². The molecule has 1 amide bonds. The Balaban J connectivity index is 0.00000225. The smallest absolute Gasteiger partial charge is 0.549 e. The van der Waals surface area contributed by atoms with Crippen LogP contribution in [0, 0.1) is 24.1 Å². The van der Waals surface area contributed by atoms with E-state index in [-0.39, 0.29) is 46.6 Å². The second kappa shape index (κ2) is 7.09. The maximum atomic E-state index is 14.9. The number of hydrogen-bond acceptors (Lipinski definition) is 6. The fraction of sp³-hybridized carbons (Fsp3) is 0.526. The number of carbonyl (C=O) groups is 3. The van der Waals surface area contributed by atoms with Crippen molar-refractivity contribution in [1.82, 2.24) is 0 Å². The normalized spacial score (nSPS) is 23.1. The summed E-state index contributed by atoms with van der Waals surface area (Å²) >= 11 is 0. The number of nitrogens with zero attached hydrogens (tertiary/aromatic N) is 2. The van der Waals surface area contributed by atoms with Gasteiger partial charge in [0.05, 0.1) is 17.3 Å². The summed E-state index contributed by atoms with van der Waals surface area (Å²) in [5, 5.41) is 11.4. The first-order chi connectivity index (χ1) is 12.7. The zero-order chi connectivity index (χ0) is 19.7. The van der Waals surface area contributed by atoms with Gasteiger partial charge in [0.2, 0.25) is 5.91 Å². The van der Waals surface area contributed by atoms with Gasteiger partial charge in [-0.1, -0.05) is 6.92 Å². The van der Waals surface area contributed by atoms with Gasteiger partial charge in [0.1, 0.15) is 11.7 Å². The number of ketones is 1. The minimum Gasteiger partial charge on any atom is -0.549 e. The third kappa shape index (κ3) is 3.07. The van der Waals surface area contributed by atoms with Gasteiger partial charge in [-0.2, -0.15) is 0 Å². The van der Waals surface area contributed by atoms with Crippen LogP contribution in [-0.4, -0.2) is 43.3 Å². The number of halogens is 1. The van der Waals surface area contributed by atoms with Crippen LogP contribution in [0.4, 0.5) is 15.8 Å². The van der Waals surface area contributed by atoms with Gasteiger partial charge >= 0.3 is 29.6 Å². The predicted molar refractivity (Wildman–Crippen MR) is 93.8 cm³/mol. The number of nitrogens with two attached hydrogens (primary N) is 1. The van der Waals surface area contributed by atoms with Gasteiger partial charge in [-0.05, 0) is 31.4 Å². The summed E-state index contributed by atoms with van der Waals surface area (Å²) in [5.74, 6) is -5.94. The van der Waals surface area contributed by atoms with Gasteiger partial charge in [0.25, 0.3) is 0 Å². The summed E-state index contributed by atoms with van der Waals surface area (Å²) in [5.41, 5.74) is 6.77. The van der Waals surface area contributed by atoms with Gasteiger partial charge in [0.15, 0.2) is 5.78 Å². The molecule has 9 heteroatoms. The molecule has 2 N–H and O–H groups in total. The maximum absolute atomic E-state index is 14.9. The van der Waals surface area contributed by atoms with Gasteiger partial charge in [-0.15, -0.1) is 0 Å². The number of Topliss-reactive ketones (excluding diaryl/α,β-unsaturated/α-hetero) is 1. The minimum absolute atomic E-state index is 0.